The van der Waals surface area contributed by atoms with Crippen LogP contribution < -0.4 is 14.9 Å². The number of nitrogens with one attached hydrogen (secondary N) is 1. The summed E-state index contributed by atoms with van der Waals surface area (Å²) in [5.74, 6) is 1.51. The van der Waals surface area contributed by atoms with Gasteiger partial charge in [-0.1, -0.05) is 66.7 Å². The highest BCUT2D eigenvalue weighted by atomic mass is 16.6. The van der Waals surface area contributed by atoms with Gasteiger partial charge in [0, 0.05) is 6.54 Å². The molecule has 1 aliphatic carbocycles. The van der Waals surface area contributed by atoms with Crippen molar-refractivity contribution in [3.05, 3.63) is 89.5 Å². The van der Waals surface area contributed by atoms with E-state index in [1.807, 2.05) is 38.1 Å². The molecule has 1 atom stereocenters. The molecule has 5 rings (SSSR count). The van der Waals surface area contributed by atoms with Gasteiger partial charge >= 0.3 is 0 Å². The van der Waals surface area contributed by atoms with E-state index < -0.39 is 0 Å². The van der Waals surface area contributed by atoms with Crippen LogP contribution in [0, 0.1) is 0 Å². The summed E-state index contributed by atoms with van der Waals surface area (Å²) in [4.78, 5) is 0. The molecule has 1 saturated heterocycles. The Labute approximate surface area is 195 Å². The van der Waals surface area contributed by atoms with Gasteiger partial charge in [0.1, 0.15) is 19.4 Å². The summed E-state index contributed by atoms with van der Waals surface area (Å²) in [5, 5.41) is 2.15. The molecule has 2 aliphatic rings. The van der Waals surface area contributed by atoms with Gasteiger partial charge in [-0.3, -0.25) is 0 Å². The number of allylic oxidation sites excluding steroid dienone is 1. The maximum absolute atomic E-state index is 6.15. The van der Waals surface area contributed by atoms with Crippen molar-refractivity contribution in [1.29, 1.82) is 0 Å². The molecule has 0 aromatic heterocycles. The Morgan fingerprint density at radius 3 is 2.39 bits per heavy atom. The lowest BCUT2D eigenvalue weighted by Crippen LogP contribution is -2.39. The van der Waals surface area contributed by atoms with Crippen LogP contribution in [0.25, 0.3) is 17.2 Å². The van der Waals surface area contributed by atoms with E-state index in [1.165, 1.54) is 22.3 Å². The van der Waals surface area contributed by atoms with Gasteiger partial charge in [-0.15, -0.1) is 0 Å². The Morgan fingerprint density at radius 1 is 0.970 bits per heavy atom. The number of benzene rings is 3. The minimum Gasteiger partial charge on any atom is -0.490 e. The Kier molecular flexibility index (Phi) is 6.44. The summed E-state index contributed by atoms with van der Waals surface area (Å²) in [6.07, 6.45) is 4.05. The van der Waals surface area contributed by atoms with Gasteiger partial charge in [-0.25, -0.2) is 10.4 Å². The van der Waals surface area contributed by atoms with Crippen LogP contribution in [-0.2, 0) is 4.74 Å². The largest absolute Gasteiger partial charge is 0.490 e. The molecule has 1 heterocycles. The van der Waals surface area contributed by atoms with Crippen LogP contribution in [0.15, 0.2) is 72.8 Å². The maximum atomic E-state index is 6.15. The number of fused-ring (bicyclic) bond motifs is 3. The third-order valence-electron chi connectivity index (χ3n) is 6.09. The third kappa shape index (κ3) is 4.53. The number of ether oxygens (including phenoxy) is 3. The smallest absolute Gasteiger partial charge is 0.161 e. The van der Waals surface area contributed by atoms with E-state index in [1.54, 1.807) is 0 Å². The Morgan fingerprint density at radius 2 is 1.70 bits per heavy atom. The molecule has 1 fully saturated rings. The molecule has 33 heavy (non-hydrogen) atoms. The molecule has 0 bridgehead atoms. The van der Waals surface area contributed by atoms with Crippen molar-refractivity contribution in [2.24, 2.45) is 0 Å². The lowest BCUT2D eigenvalue weighted by Gasteiger charge is -2.23. The van der Waals surface area contributed by atoms with Gasteiger partial charge in [-0.05, 0) is 53.8 Å². The van der Waals surface area contributed by atoms with Crippen LogP contribution >= 0.6 is 0 Å². The second kappa shape index (κ2) is 9.79. The molecule has 1 N–H and O–H groups in total. The van der Waals surface area contributed by atoms with Gasteiger partial charge in [0.2, 0.25) is 0 Å². The predicted molar refractivity (Wildman–Crippen MR) is 131 cm³/mol. The van der Waals surface area contributed by atoms with E-state index in [0.717, 1.165) is 23.6 Å². The van der Waals surface area contributed by atoms with Crippen molar-refractivity contribution >= 4 is 6.08 Å². The van der Waals surface area contributed by atoms with E-state index >= 15 is 0 Å². The van der Waals surface area contributed by atoms with Crippen molar-refractivity contribution in [2.75, 3.05) is 26.5 Å². The van der Waals surface area contributed by atoms with Gasteiger partial charge in [0.15, 0.2) is 11.5 Å². The number of nitrogens with zero attached hydrogens (tertiary/aromatic N) is 1. The minimum absolute atomic E-state index is 0.0239. The first kappa shape index (κ1) is 21.7. The standard InChI is InChI=1S/C28H30N2O3/c1-3-9-20-14-15-26(31-4-2)27(16-20)32-18-21-17-30(19-33-21)29-28-24-12-7-5-10-22(24)23-11-6-8-13-25(23)28/h3,5-16,21,28-29H,4,17-19H2,1-2H3. The van der Waals surface area contributed by atoms with Crippen LogP contribution in [0.3, 0.4) is 0 Å². The molecule has 5 heteroatoms. The Hall–Kier alpha value is -3.12. The van der Waals surface area contributed by atoms with Crippen molar-refractivity contribution < 1.29 is 14.2 Å². The van der Waals surface area contributed by atoms with Gasteiger partial charge < -0.3 is 14.2 Å². The van der Waals surface area contributed by atoms with E-state index in [4.69, 9.17) is 14.2 Å². The van der Waals surface area contributed by atoms with Crippen molar-refractivity contribution in [2.45, 2.75) is 26.0 Å². The lowest BCUT2D eigenvalue weighted by molar-refractivity contribution is 0.0479. The molecule has 5 nitrogen and oxygen atoms in total. The van der Waals surface area contributed by atoms with E-state index in [-0.39, 0.29) is 12.1 Å². The van der Waals surface area contributed by atoms with Crippen molar-refractivity contribution in [3.8, 4) is 22.6 Å². The topological polar surface area (TPSA) is 43.0 Å². The van der Waals surface area contributed by atoms with Gasteiger partial charge in [0.05, 0.1) is 12.6 Å². The number of hydrogen-bond acceptors (Lipinski definition) is 5. The van der Waals surface area contributed by atoms with Crippen molar-refractivity contribution in [3.63, 3.8) is 0 Å². The Balaban J connectivity index is 1.24. The maximum Gasteiger partial charge on any atom is 0.161 e. The molecule has 3 aromatic carbocycles. The van der Waals surface area contributed by atoms with E-state index in [0.29, 0.717) is 19.9 Å². The molecule has 0 saturated carbocycles. The van der Waals surface area contributed by atoms with E-state index in [9.17, 15) is 0 Å². The third-order valence-corrected chi connectivity index (χ3v) is 6.09. The van der Waals surface area contributed by atoms with Crippen molar-refractivity contribution in [1.82, 2.24) is 10.4 Å². The van der Waals surface area contributed by atoms with Crippen LogP contribution in [-0.4, -0.2) is 37.6 Å². The second-order valence-corrected chi connectivity index (χ2v) is 8.33. The average Bonchev–Trinajstić information content (AvgIpc) is 3.43. The van der Waals surface area contributed by atoms with E-state index in [2.05, 4.69) is 65.0 Å². The molecule has 170 valence electrons. The summed E-state index contributed by atoms with van der Waals surface area (Å²) >= 11 is 0. The molecule has 3 aromatic rings. The first-order chi connectivity index (χ1) is 16.3. The SMILES string of the molecule is CC=Cc1ccc(OCC)c(OCC2CN(NC3c4ccccc4-c4ccccc43)CO2)c1. The normalized spacial score (nSPS) is 17.9. The van der Waals surface area contributed by atoms with Crippen LogP contribution in [0.5, 0.6) is 11.5 Å². The summed E-state index contributed by atoms with van der Waals surface area (Å²) in [7, 11) is 0. The van der Waals surface area contributed by atoms with Gasteiger partial charge in [0.25, 0.3) is 0 Å². The van der Waals surface area contributed by atoms with Crippen LogP contribution in [0.1, 0.15) is 36.6 Å². The number of rotatable bonds is 8. The highest BCUT2D eigenvalue weighted by molar-refractivity contribution is 5.78. The first-order valence-electron chi connectivity index (χ1n) is 11.6. The fourth-order valence-electron chi connectivity index (χ4n) is 4.61. The molecule has 0 amide bonds. The summed E-state index contributed by atoms with van der Waals surface area (Å²) in [6.45, 7) is 6.32. The molecule has 0 spiro atoms. The minimum atomic E-state index is -0.0239. The van der Waals surface area contributed by atoms with Crippen LogP contribution in [0.4, 0.5) is 0 Å². The lowest BCUT2D eigenvalue weighted by atomic mass is 10.1. The summed E-state index contributed by atoms with van der Waals surface area (Å²) in [5.41, 5.74) is 10.00. The highest BCUT2D eigenvalue weighted by Gasteiger charge is 2.32. The summed E-state index contributed by atoms with van der Waals surface area (Å²) in [6, 6.07) is 23.4. The molecular weight excluding hydrogens is 412 g/mol. The number of hydrazine groups is 1. The zero-order valence-electron chi connectivity index (χ0n) is 19.2. The highest BCUT2D eigenvalue weighted by Crippen LogP contribution is 2.43. The molecule has 0 radical (unpaired) electrons. The van der Waals surface area contributed by atoms with Crippen LogP contribution in [0.2, 0.25) is 0 Å². The zero-order valence-corrected chi connectivity index (χ0v) is 19.2. The monoisotopic (exact) mass is 442 g/mol. The molecular formula is C28H30N2O3. The quantitative estimate of drug-likeness (QED) is 0.504. The number of hydrogen-bond donors (Lipinski definition) is 1. The fourth-order valence-corrected chi connectivity index (χ4v) is 4.61. The van der Waals surface area contributed by atoms with Gasteiger partial charge in [-0.2, -0.15) is 0 Å². The second-order valence-electron chi connectivity index (χ2n) is 8.33. The fraction of sp³-hybridized carbons (Fsp3) is 0.286. The predicted octanol–water partition coefficient (Wildman–Crippen LogP) is 5.43. The first-order valence-corrected chi connectivity index (χ1v) is 11.6. The average molecular weight is 443 g/mol. The zero-order chi connectivity index (χ0) is 22.6. The summed E-state index contributed by atoms with van der Waals surface area (Å²) < 4.78 is 17.9. The molecule has 1 aliphatic heterocycles. The Bertz CT molecular complexity index is 1100. The molecule has 1 unspecified atom stereocenters.